The molecular weight excluding hydrogens is 262 g/mol. The first kappa shape index (κ1) is 12.4. The molecule has 1 aromatic carbocycles. The molecule has 1 aromatic heterocycles. The first-order valence-electron chi connectivity index (χ1n) is 6.33. The number of benzene rings is 1. The molecule has 1 aliphatic rings. The van der Waals surface area contributed by atoms with Crippen LogP contribution in [0.4, 0.5) is 5.95 Å². The van der Waals surface area contributed by atoms with Crippen LogP contribution in [-0.4, -0.2) is 34.3 Å². The lowest BCUT2D eigenvalue weighted by Crippen LogP contribution is -2.26. The predicted octanol–water partition coefficient (Wildman–Crippen LogP) is 1.97. The van der Waals surface area contributed by atoms with Gasteiger partial charge in [0.15, 0.2) is 5.82 Å². The Morgan fingerprint density at radius 1 is 1.47 bits per heavy atom. The zero-order valence-corrected chi connectivity index (χ0v) is 11.5. The normalized spacial score (nSPS) is 19.1. The van der Waals surface area contributed by atoms with Crippen molar-refractivity contribution in [2.75, 3.05) is 18.0 Å². The summed E-state index contributed by atoms with van der Waals surface area (Å²) in [6.45, 7) is 3.70. The number of nitrogens with one attached hydrogen (secondary N) is 1. The second kappa shape index (κ2) is 4.83. The molecule has 0 aliphatic carbocycles. The Kier molecular flexibility index (Phi) is 3.16. The molecule has 1 fully saturated rings. The van der Waals surface area contributed by atoms with Gasteiger partial charge >= 0.3 is 0 Å². The van der Waals surface area contributed by atoms with Gasteiger partial charge in [-0.3, -0.25) is 5.10 Å². The predicted molar refractivity (Wildman–Crippen MR) is 76.4 cm³/mol. The Labute approximate surface area is 116 Å². The van der Waals surface area contributed by atoms with Crippen molar-refractivity contribution in [3.63, 3.8) is 0 Å². The number of nitrogens with zero attached hydrogens (tertiary/aromatic N) is 3. The summed E-state index contributed by atoms with van der Waals surface area (Å²) in [6.07, 6.45) is 0.986. The summed E-state index contributed by atoms with van der Waals surface area (Å²) in [5.41, 5.74) is 7.89. The quantitative estimate of drug-likeness (QED) is 0.880. The Balaban J connectivity index is 1.91. The van der Waals surface area contributed by atoms with Gasteiger partial charge in [-0.05, 0) is 25.0 Å². The second-order valence-corrected chi connectivity index (χ2v) is 5.30. The molecule has 6 heteroatoms. The van der Waals surface area contributed by atoms with Crippen LogP contribution in [0, 0.1) is 6.92 Å². The largest absolute Gasteiger partial charge is 0.338 e. The molecule has 100 valence electrons. The highest BCUT2D eigenvalue weighted by atomic mass is 35.5. The van der Waals surface area contributed by atoms with Crippen LogP contribution in [0.3, 0.4) is 0 Å². The minimum Gasteiger partial charge on any atom is -0.338 e. The van der Waals surface area contributed by atoms with Gasteiger partial charge in [0.25, 0.3) is 0 Å². The molecular formula is C13H16ClN5. The summed E-state index contributed by atoms with van der Waals surface area (Å²) in [5, 5.41) is 7.99. The summed E-state index contributed by atoms with van der Waals surface area (Å²) < 4.78 is 0. The monoisotopic (exact) mass is 277 g/mol. The molecule has 1 saturated heterocycles. The van der Waals surface area contributed by atoms with E-state index in [1.54, 1.807) is 0 Å². The Bertz CT molecular complexity index is 594. The molecule has 2 heterocycles. The topological polar surface area (TPSA) is 70.8 Å². The van der Waals surface area contributed by atoms with Crippen LogP contribution < -0.4 is 10.6 Å². The SMILES string of the molecule is Cc1c(Cl)cccc1-c1nc(N2CCC(N)C2)n[nH]1. The van der Waals surface area contributed by atoms with Crippen molar-refractivity contribution >= 4 is 17.5 Å². The number of H-pyrrole nitrogens is 1. The number of rotatable bonds is 2. The molecule has 0 spiro atoms. The van der Waals surface area contributed by atoms with E-state index in [9.17, 15) is 0 Å². The van der Waals surface area contributed by atoms with E-state index in [0.717, 1.165) is 41.5 Å². The third-order valence-electron chi connectivity index (χ3n) is 3.50. The summed E-state index contributed by atoms with van der Waals surface area (Å²) in [6, 6.07) is 5.99. The van der Waals surface area contributed by atoms with Crippen molar-refractivity contribution in [1.29, 1.82) is 0 Å². The summed E-state index contributed by atoms with van der Waals surface area (Å²) in [5.74, 6) is 1.46. The van der Waals surface area contributed by atoms with Gasteiger partial charge in [0.05, 0.1) is 0 Å². The highest BCUT2D eigenvalue weighted by molar-refractivity contribution is 6.31. The van der Waals surface area contributed by atoms with Crippen molar-refractivity contribution < 1.29 is 0 Å². The minimum absolute atomic E-state index is 0.217. The van der Waals surface area contributed by atoms with E-state index in [4.69, 9.17) is 17.3 Å². The van der Waals surface area contributed by atoms with Gasteiger partial charge in [0.1, 0.15) is 0 Å². The van der Waals surface area contributed by atoms with Crippen molar-refractivity contribution in [3.05, 3.63) is 28.8 Å². The number of nitrogens with two attached hydrogens (primary N) is 1. The van der Waals surface area contributed by atoms with Gasteiger partial charge in [0, 0.05) is 29.7 Å². The van der Waals surface area contributed by atoms with Crippen LogP contribution in [0.5, 0.6) is 0 Å². The highest BCUT2D eigenvalue weighted by Crippen LogP contribution is 2.27. The fraction of sp³-hybridized carbons (Fsp3) is 0.385. The smallest absolute Gasteiger partial charge is 0.245 e. The average Bonchev–Trinajstić information content (AvgIpc) is 3.01. The summed E-state index contributed by atoms with van der Waals surface area (Å²) >= 11 is 6.13. The number of hydrogen-bond acceptors (Lipinski definition) is 4. The number of aromatic nitrogens is 3. The van der Waals surface area contributed by atoms with Crippen LogP contribution in [0.15, 0.2) is 18.2 Å². The zero-order valence-electron chi connectivity index (χ0n) is 10.7. The summed E-state index contributed by atoms with van der Waals surface area (Å²) in [7, 11) is 0. The fourth-order valence-electron chi connectivity index (χ4n) is 2.35. The van der Waals surface area contributed by atoms with Gasteiger partial charge in [-0.1, -0.05) is 23.7 Å². The number of hydrogen-bond donors (Lipinski definition) is 2. The molecule has 0 saturated carbocycles. The molecule has 5 nitrogen and oxygen atoms in total. The highest BCUT2D eigenvalue weighted by Gasteiger charge is 2.22. The van der Waals surface area contributed by atoms with Crippen molar-refractivity contribution in [2.45, 2.75) is 19.4 Å². The Morgan fingerprint density at radius 3 is 3.05 bits per heavy atom. The van der Waals surface area contributed by atoms with Gasteiger partial charge in [-0.25, -0.2) is 0 Å². The first-order valence-corrected chi connectivity index (χ1v) is 6.71. The third-order valence-corrected chi connectivity index (χ3v) is 3.91. The molecule has 0 radical (unpaired) electrons. The van der Waals surface area contributed by atoms with Gasteiger partial charge in [-0.2, -0.15) is 4.98 Å². The Morgan fingerprint density at radius 2 is 2.32 bits per heavy atom. The van der Waals surface area contributed by atoms with Crippen LogP contribution in [0.25, 0.3) is 11.4 Å². The number of anilines is 1. The average molecular weight is 278 g/mol. The molecule has 0 bridgehead atoms. The Hall–Kier alpha value is -1.59. The van der Waals surface area contributed by atoms with E-state index >= 15 is 0 Å². The lowest BCUT2D eigenvalue weighted by atomic mass is 10.1. The van der Waals surface area contributed by atoms with Gasteiger partial charge < -0.3 is 10.6 Å². The first-order chi connectivity index (χ1) is 9.15. The van der Waals surface area contributed by atoms with Crippen LogP contribution >= 0.6 is 11.6 Å². The van der Waals surface area contributed by atoms with E-state index < -0.39 is 0 Å². The van der Waals surface area contributed by atoms with Crippen LogP contribution in [0.2, 0.25) is 5.02 Å². The van der Waals surface area contributed by atoms with E-state index in [0.29, 0.717) is 5.95 Å². The van der Waals surface area contributed by atoms with Gasteiger partial charge in [-0.15, -0.1) is 5.10 Å². The van der Waals surface area contributed by atoms with Crippen molar-refractivity contribution in [3.8, 4) is 11.4 Å². The van der Waals surface area contributed by atoms with E-state index in [2.05, 4.69) is 20.1 Å². The third kappa shape index (κ3) is 2.31. The lowest BCUT2D eigenvalue weighted by molar-refractivity contribution is 0.750. The molecule has 1 atom stereocenters. The molecule has 3 rings (SSSR count). The zero-order chi connectivity index (χ0) is 13.4. The maximum Gasteiger partial charge on any atom is 0.245 e. The molecule has 3 N–H and O–H groups in total. The maximum atomic E-state index is 6.13. The van der Waals surface area contributed by atoms with E-state index in [-0.39, 0.29) is 6.04 Å². The van der Waals surface area contributed by atoms with Crippen molar-refractivity contribution in [2.24, 2.45) is 5.73 Å². The molecule has 19 heavy (non-hydrogen) atoms. The van der Waals surface area contributed by atoms with Crippen LogP contribution in [0.1, 0.15) is 12.0 Å². The number of halogens is 1. The molecule has 1 aliphatic heterocycles. The van der Waals surface area contributed by atoms with Crippen molar-refractivity contribution in [1.82, 2.24) is 15.2 Å². The second-order valence-electron chi connectivity index (χ2n) is 4.89. The molecule has 2 aromatic rings. The summed E-state index contributed by atoms with van der Waals surface area (Å²) in [4.78, 5) is 6.65. The number of aromatic amines is 1. The lowest BCUT2D eigenvalue weighted by Gasteiger charge is -2.11. The van der Waals surface area contributed by atoms with Gasteiger partial charge in [0.2, 0.25) is 5.95 Å². The van der Waals surface area contributed by atoms with Crippen LogP contribution in [-0.2, 0) is 0 Å². The van der Waals surface area contributed by atoms with E-state index in [1.807, 2.05) is 25.1 Å². The standard InChI is InChI=1S/C13H16ClN5/c1-8-10(3-2-4-11(8)14)12-16-13(18-17-12)19-6-5-9(15)7-19/h2-4,9H,5-7,15H2,1H3,(H,16,17,18). The molecule has 0 amide bonds. The minimum atomic E-state index is 0.217. The van der Waals surface area contributed by atoms with E-state index in [1.165, 1.54) is 0 Å². The molecule has 1 unspecified atom stereocenters. The fourth-order valence-corrected chi connectivity index (χ4v) is 2.52. The maximum absolute atomic E-state index is 6.13.